The SMILES string of the molecule is Cc1cc(C)n2nc(SCC(=O)NC(C)(C#N)C(C)C)nc2n1. The van der Waals surface area contributed by atoms with Gasteiger partial charge in [0.25, 0.3) is 5.78 Å². The van der Waals surface area contributed by atoms with Crippen LogP contribution in [-0.2, 0) is 4.79 Å². The maximum Gasteiger partial charge on any atom is 0.253 e. The van der Waals surface area contributed by atoms with Crippen LogP contribution in [0.1, 0.15) is 32.2 Å². The number of carbonyl (C=O) groups excluding carboxylic acids is 1. The molecule has 0 bridgehead atoms. The number of hydrogen-bond acceptors (Lipinski definition) is 6. The van der Waals surface area contributed by atoms with Gasteiger partial charge in [-0.05, 0) is 32.8 Å². The fourth-order valence-electron chi connectivity index (χ4n) is 1.97. The molecule has 0 fully saturated rings. The summed E-state index contributed by atoms with van der Waals surface area (Å²) in [6.07, 6.45) is 0. The summed E-state index contributed by atoms with van der Waals surface area (Å²) in [5.74, 6) is 0.477. The predicted octanol–water partition coefficient (Wildman–Crippen LogP) is 1.89. The molecule has 1 amide bonds. The van der Waals surface area contributed by atoms with Gasteiger partial charge < -0.3 is 5.32 Å². The lowest BCUT2D eigenvalue weighted by Gasteiger charge is -2.27. The van der Waals surface area contributed by atoms with Crippen LogP contribution < -0.4 is 5.32 Å². The van der Waals surface area contributed by atoms with Gasteiger partial charge in [0.2, 0.25) is 11.1 Å². The minimum Gasteiger partial charge on any atom is -0.337 e. The fourth-order valence-corrected chi connectivity index (χ4v) is 2.58. The van der Waals surface area contributed by atoms with Crippen molar-refractivity contribution in [1.29, 1.82) is 5.26 Å². The van der Waals surface area contributed by atoms with Crippen molar-refractivity contribution in [2.75, 3.05) is 5.75 Å². The Balaban J connectivity index is 2.05. The van der Waals surface area contributed by atoms with E-state index in [1.807, 2.05) is 33.8 Å². The Morgan fingerprint density at radius 1 is 1.48 bits per heavy atom. The number of rotatable bonds is 5. The number of nitrogens with one attached hydrogen (secondary N) is 1. The Hall–Kier alpha value is -2.14. The Kier molecular flexibility index (Phi) is 4.90. The van der Waals surface area contributed by atoms with Crippen LogP contribution >= 0.6 is 11.8 Å². The van der Waals surface area contributed by atoms with Crippen LogP contribution in [0.4, 0.5) is 0 Å². The van der Waals surface area contributed by atoms with Crippen LogP contribution in [0.15, 0.2) is 11.2 Å². The van der Waals surface area contributed by atoms with Crippen LogP contribution in [0.3, 0.4) is 0 Å². The molecule has 122 valence electrons. The second-order valence-electron chi connectivity index (χ2n) is 5.95. The van der Waals surface area contributed by atoms with Gasteiger partial charge >= 0.3 is 0 Å². The molecule has 2 aromatic heterocycles. The van der Waals surface area contributed by atoms with E-state index in [0.717, 1.165) is 11.4 Å². The Bertz CT molecular complexity index is 778. The highest BCUT2D eigenvalue weighted by Crippen LogP contribution is 2.18. The zero-order valence-corrected chi connectivity index (χ0v) is 14.7. The van der Waals surface area contributed by atoms with Gasteiger partial charge in [-0.25, -0.2) is 9.50 Å². The van der Waals surface area contributed by atoms with Crippen molar-refractivity contribution in [3.8, 4) is 6.07 Å². The first-order valence-electron chi connectivity index (χ1n) is 7.31. The molecular formula is C15H20N6OS. The van der Waals surface area contributed by atoms with E-state index in [0.29, 0.717) is 10.9 Å². The minimum absolute atomic E-state index is 0.0181. The molecule has 0 aromatic carbocycles. The van der Waals surface area contributed by atoms with Gasteiger partial charge in [0.15, 0.2) is 0 Å². The zero-order chi connectivity index (χ0) is 17.2. The van der Waals surface area contributed by atoms with E-state index < -0.39 is 5.54 Å². The van der Waals surface area contributed by atoms with Gasteiger partial charge in [0, 0.05) is 11.4 Å². The number of carbonyl (C=O) groups is 1. The first-order valence-corrected chi connectivity index (χ1v) is 8.30. The monoisotopic (exact) mass is 332 g/mol. The average Bonchev–Trinajstić information content (AvgIpc) is 2.88. The number of nitriles is 1. The summed E-state index contributed by atoms with van der Waals surface area (Å²) in [4.78, 5) is 20.7. The number of aryl methyl sites for hydroxylation is 2. The summed E-state index contributed by atoms with van der Waals surface area (Å²) >= 11 is 1.23. The molecule has 1 unspecified atom stereocenters. The van der Waals surface area contributed by atoms with Crippen molar-refractivity contribution in [2.45, 2.75) is 45.3 Å². The molecular weight excluding hydrogens is 312 g/mol. The fraction of sp³-hybridized carbons (Fsp3) is 0.533. The lowest BCUT2D eigenvalue weighted by atomic mass is 9.90. The smallest absolute Gasteiger partial charge is 0.253 e. The number of thioether (sulfide) groups is 1. The summed E-state index contributed by atoms with van der Waals surface area (Å²) in [5.41, 5.74) is 0.936. The lowest BCUT2D eigenvalue weighted by Crippen LogP contribution is -2.49. The Morgan fingerprint density at radius 3 is 2.78 bits per heavy atom. The van der Waals surface area contributed by atoms with E-state index in [1.54, 1.807) is 11.4 Å². The maximum absolute atomic E-state index is 12.1. The number of nitrogens with zero attached hydrogens (tertiary/aromatic N) is 5. The van der Waals surface area contributed by atoms with Crippen molar-refractivity contribution in [3.05, 3.63) is 17.5 Å². The van der Waals surface area contributed by atoms with Crippen LogP contribution in [-0.4, -0.2) is 36.8 Å². The normalized spacial score (nSPS) is 13.8. The standard InChI is InChI=1S/C15H20N6OS/c1-9(2)15(5,8-16)19-12(22)7-23-14-18-13-17-10(3)6-11(4)21(13)20-14/h6,9H,7H2,1-5H3,(H,19,22). The third-order valence-corrected chi connectivity index (χ3v) is 4.55. The van der Waals surface area contributed by atoms with Gasteiger partial charge in [-0.1, -0.05) is 25.6 Å². The molecule has 0 aliphatic carbocycles. The van der Waals surface area contributed by atoms with E-state index >= 15 is 0 Å². The molecule has 2 rings (SSSR count). The molecule has 23 heavy (non-hydrogen) atoms. The number of aromatic nitrogens is 4. The Labute approximate surface area is 139 Å². The number of fused-ring (bicyclic) bond motifs is 1. The van der Waals surface area contributed by atoms with E-state index in [9.17, 15) is 10.1 Å². The topological polar surface area (TPSA) is 96.0 Å². The van der Waals surface area contributed by atoms with E-state index in [-0.39, 0.29) is 17.6 Å². The lowest BCUT2D eigenvalue weighted by molar-refractivity contribution is -0.120. The largest absolute Gasteiger partial charge is 0.337 e. The van der Waals surface area contributed by atoms with Crippen molar-refractivity contribution in [2.24, 2.45) is 5.92 Å². The molecule has 1 N–H and O–H groups in total. The molecule has 1 atom stereocenters. The maximum atomic E-state index is 12.1. The first kappa shape index (κ1) is 17.2. The summed E-state index contributed by atoms with van der Waals surface area (Å²) in [6, 6.07) is 4.08. The molecule has 0 saturated carbocycles. The third kappa shape index (κ3) is 3.79. The van der Waals surface area contributed by atoms with E-state index in [4.69, 9.17) is 0 Å². The second-order valence-corrected chi connectivity index (χ2v) is 6.89. The van der Waals surface area contributed by atoms with Gasteiger partial charge in [0.05, 0.1) is 11.8 Å². The van der Waals surface area contributed by atoms with Crippen molar-refractivity contribution in [1.82, 2.24) is 24.9 Å². The molecule has 0 saturated heterocycles. The molecule has 8 heteroatoms. The first-order chi connectivity index (χ1) is 10.7. The van der Waals surface area contributed by atoms with Crippen LogP contribution in [0, 0.1) is 31.1 Å². The summed E-state index contributed by atoms with van der Waals surface area (Å²) in [5, 5.41) is 16.8. The molecule has 2 heterocycles. The van der Waals surface area contributed by atoms with Crippen LogP contribution in [0.2, 0.25) is 0 Å². The highest BCUT2D eigenvalue weighted by atomic mass is 32.2. The molecule has 0 spiro atoms. The molecule has 0 radical (unpaired) electrons. The molecule has 0 aliphatic rings. The van der Waals surface area contributed by atoms with Crippen molar-refractivity contribution < 1.29 is 4.79 Å². The second kappa shape index (κ2) is 6.54. The summed E-state index contributed by atoms with van der Waals surface area (Å²) in [6.45, 7) is 9.35. The highest BCUT2D eigenvalue weighted by molar-refractivity contribution is 7.99. The summed E-state index contributed by atoms with van der Waals surface area (Å²) in [7, 11) is 0. The van der Waals surface area contributed by atoms with Crippen LogP contribution in [0.5, 0.6) is 0 Å². The van der Waals surface area contributed by atoms with Gasteiger partial charge in [-0.3, -0.25) is 4.79 Å². The number of hydrogen-bond donors (Lipinski definition) is 1. The quantitative estimate of drug-likeness (QED) is 0.840. The molecule has 2 aromatic rings. The predicted molar refractivity (Wildman–Crippen MR) is 88.0 cm³/mol. The third-order valence-electron chi connectivity index (χ3n) is 3.72. The van der Waals surface area contributed by atoms with E-state index in [2.05, 4.69) is 26.5 Å². The summed E-state index contributed by atoms with van der Waals surface area (Å²) < 4.78 is 1.65. The highest BCUT2D eigenvalue weighted by Gasteiger charge is 2.29. The van der Waals surface area contributed by atoms with Crippen molar-refractivity contribution in [3.63, 3.8) is 0 Å². The van der Waals surface area contributed by atoms with E-state index in [1.165, 1.54) is 11.8 Å². The van der Waals surface area contributed by atoms with Crippen LogP contribution in [0.25, 0.3) is 5.78 Å². The minimum atomic E-state index is -0.876. The van der Waals surface area contributed by atoms with Gasteiger partial charge in [-0.2, -0.15) is 10.2 Å². The van der Waals surface area contributed by atoms with Gasteiger partial charge in [-0.15, -0.1) is 5.10 Å². The number of amides is 1. The molecule has 7 nitrogen and oxygen atoms in total. The van der Waals surface area contributed by atoms with Gasteiger partial charge in [0.1, 0.15) is 5.54 Å². The Morgan fingerprint density at radius 2 is 2.17 bits per heavy atom. The molecule has 0 aliphatic heterocycles. The average molecular weight is 332 g/mol. The van der Waals surface area contributed by atoms with Crippen molar-refractivity contribution >= 4 is 23.4 Å². The zero-order valence-electron chi connectivity index (χ0n) is 13.9.